The van der Waals surface area contributed by atoms with E-state index < -0.39 is 0 Å². The van der Waals surface area contributed by atoms with E-state index in [-0.39, 0.29) is 6.04 Å². The van der Waals surface area contributed by atoms with Crippen molar-refractivity contribution in [1.29, 1.82) is 0 Å². The maximum atomic E-state index is 6.07. The van der Waals surface area contributed by atoms with Gasteiger partial charge >= 0.3 is 0 Å². The Balaban J connectivity index is 2.49. The Morgan fingerprint density at radius 1 is 1.20 bits per heavy atom. The van der Waals surface area contributed by atoms with E-state index >= 15 is 0 Å². The number of halogens is 1. The van der Waals surface area contributed by atoms with Crippen LogP contribution in [0.2, 0.25) is 0 Å². The maximum Gasteiger partial charge on any atom is 0.124 e. The van der Waals surface area contributed by atoms with Gasteiger partial charge in [-0.25, -0.2) is 5.43 Å². The number of nitrogen functional groups attached to an aromatic ring is 1. The molecule has 5 heteroatoms. The number of anilines is 1. The van der Waals surface area contributed by atoms with Gasteiger partial charge in [0.25, 0.3) is 0 Å². The molecule has 0 saturated carbocycles. The van der Waals surface area contributed by atoms with Crippen molar-refractivity contribution in [2.24, 2.45) is 5.84 Å². The molecule has 1 atom stereocenters. The minimum atomic E-state index is -0.227. The molecule has 20 heavy (non-hydrogen) atoms. The van der Waals surface area contributed by atoms with Crippen LogP contribution in [-0.2, 0) is 0 Å². The van der Waals surface area contributed by atoms with Gasteiger partial charge in [-0.3, -0.25) is 5.84 Å². The van der Waals surface area contributed by atoms with Crippen molar-refractivity contribution in [2.75, 3.05) is 12.3 Å². The van der Waals surface area contributed by atoms with Crippen molar-refractivity contribution in [2.45, 2.75) is 13.0 Å². The molecule has 4 nitrogen and oxygen atoms in total. The highest BCUT2D eigenvalue weighted by molar-refractivity contribution is 9.10. The number of nitrogens with one attached hydrogen (secondary N) is 1. The van der Waals surface area contributed by atoms with Crippen LogP contribution < -0.4 is 21.7 Å². The SMILES string of the molecule is CCOc1ccccc1C(NN)c1cc(Br)ccc1N. The zero-order chi connectivity index (χ0) is 14.5. The summed E-state index contributed by atoms with van der Waals surface area (Å²) in [5, 5.41) is 0. The van der Waals surface area contributed by atoms with Gasteiger partial charge in [0.05, 0.1) is 12.6 Å². The summed E-state index contributed by atoms with van der Waals surface area (Å²) in [4.78, 5) is 0. The first-order valence-corrected chi connectivity index (χ1v) is 7.19. The van der Waals surface area contributed by atoms with E-state index in [2.05, 4.69) is 21.4 Å². The van der Waals surface area contributed by atoms with Gasteiger partial charge in [0.1, 0.15) is 5.75 Å². The second kappa shape index (κ2) is 6.74. The molecule has 0 aliphatic carbocycles. The fourth-order valence-corrected chi connectivity index (χ4v) is 2.53. The third-order valence-electron chi connectivity index (χ3n) is 3.06. The molecule has 0 spiro atoms. The Morgan fingerprint density at radius 3 is 2.65 bits per heavy atom. The lowest BCUT2D eigenvalue weighted by Gasteiger charge is -2.21. The van der Waals surface area contributed by atoms with E-state index in [0.717, 1.165) is 21.3 Å². The summed E-state index contributed by atoms with van der Waals surface area (Å²) in [7, 11) is 0. The van der Waals surface area contributed by atoms with Gasteiger partial charge in [0.15, 0.2) is 0 Å². The number of hydrazine groups is 1. The molecule has 106 valence electrons. The molecule has 0 fully saturated rings. The van der Waals surface area contributed by atoms with Crippen molar-refractivity contribution < 1.29 is 4.74 Å². The average Bonchev–Trinajstić information content (AvgIpc) is 2.45. The highest BCUT2D eigenvalue weighted by Crippen LogP contribution is 2.33. The number of benzene rings is 2. The molecule has 0 saturated heterocycles. The number of nitrogens with two attached hydrogens (primary N) is 2. The molecule has 0 heterocycles. The molecule has 0 radical (unpaired) electrons. The molecule has 0 amide bonds. The lowest BCUT2D eigenvalue weighted by atomic mass is 9.97. The number of rotatable bonds is 5. The Morgan fingerprint density at radius 2 is 1.95 bits per heavy atom. The van der Waals surface area contributed by atoms with Crippen LogP contribution in [0.5, 0.6) is 5.75 Å². The first-order chi connectivity index (χ1) is 9.67. The van der Waals surface area contributed by atoms with Crippen molar-refractivity contribution in [3.8, 4) is 5.75 Å². The Hall–Kier alpha value is -1.56. The van der Waals surface area contributed by atoms with Crippen molar-refractivity contribution in [3.63, 3.8) is 0 Å². The highest BCUT2D eigenvalue weighted by Gasteiger charge is 2.19. The predicted octanol–water partition coefficient (Wildman–Crippen LogP) is 2.98. The van der Waals surface area contributed by atoms with Gasteiger partial charge < -0.3 is 10.5 Å². The zero-order valence-electron chi connectivity index (χ0n) is 11.3. The highest BCUT2D eigenvalue weighted by atomic mass is 79.9. The first kappa shape index (κ1) is 14.8. The van der Waals surface area contributed by atoms with Crippen LogP contribution >= 0.6 is 15.9 Å². The van der Waals surface area contributed by atoms with E-state index in [1.54, 1.807) is 0 Å². The number of hydrogen-bond donors (Lipinski definition) is 3. The van der Waals surface area contributed by atoms with E-state index in [1.807, 2.05) is 49.4 Å². The molecule has 0 aromatic heterocycles. The molecule has 2 aromatic carbocycles. The first-order valence-electron chi connectivity index (χ1n) is 6.40. The molecular formula is C15H18BrN3O. The predicted molar refractivity (Wildman–Crippen MR) is 85.3 cm³/mol. The lowest BCUT2D eigenvalue weighted by Crippen LogP contribution is -2.29. The van der Waals surface area contributed by atoms with Crippen molar-refractivity contribution in [1.82, 2.24) is 5.43 Å². The number of hydrogen-bond acceptors (Lipinski definition) is 4. The Labute approximate surface area is 127 Å². The van der Waals surface area contributed by atoms with Crippen molar-refractivity contribution >= 4 is 21.6 Å². The van der Waals surface area contributed by atoms with Gasteiger partial charge in [-0.1, -0.05) is 34.1 Å². The maximum absolute atomic E-state index is 6.07. The van der Waals surface area contributed by atoms with Crippen LogP contribution in [0.25, 0.3) is 0 Å². The number of ether oxygens (including phenoxy) is 1. The van der Waals surface area contributed by atoms with E-state index in [9.17, 15) is 0 Å². The van der Waals surface area contributed by atoms with E-state index in [4.69, 9.17) is 16.3 Å². The minimum absolute atomic E-state index is 0.227. The Bertz CT molecular complexity index is 589. The summed E-state index contributed by atoms with van der Waals surface area (Å²) < 4.78 is 6.62. The fraction of sp³-hybridized carbons (Fsp3) is 0.200. The molecule has 2 aromatic rings. The molecule has 2 rings (SSSR count). The molecule has 0 aliphatic rings. The fourth-order valence-electron chi connectivity index (χ4n) is 2.15. The molecule has 0 aliphatic heterocycles. The molecule has 1 unspecified atom stereocenters. The van der Waals surface area contributed by atoms with Gasteiger partial charge in [-0.15, -0.1) is 0 Å². The normalized spacial score (nSPS) is 12.2. The van der Waals surface area contributed by atoms with Gasteiger partial charge in [0, 0.05) is 15.7 Å². The van der Waals surface area contributed by atoms with Gasteiger partial charge in [0.2, 0.25) is 0 Å². The van der Waals surface area contributed by atoms with Crippen molar-refractivity contribution in [3.05, 3.63) is 58.1 Å². The smallest absolute Gasteiger partial charge is 0.124 e. The van der Waals surface area contributed by atoms with Crippen LogP contribution in [0.1, 0.15) is 24.1 Å². The molecule has 0 bridgehead atoms. The monoisotopic (exact) mass is 335 g/mol. The summed E-state index contributed by atoms with van der Waals surface area (Å²) in [6, 6.07) is 13.3. The van der Waals surface area contributed by atoms with E-state index in [1.165, 1.54) is 0 Å². The van der Waals surface area contributed by atoms with Crippen LogP contribution in [0, 0.1) is 0 Å². The number of para-hydroxylation sites is 1. The van der Waals surface area contributed by atoms with Crippen LogP contribution in [0.15, 0.2) is 46.9 Å². The molecule has 5 N–H and O–H groups in total. The average molecular weight is 336 g/mol. The van der Waals surface area contributed by atoms with E-state index in [0.29, 0.717) is 12.3 Å². The second-order valence-electron chi connectivity index (χ2n) is 4.34. The topological polar surface area (TPSA) is 73.3 Å². The van der Waals surface area contributed by atoms with Crippen LogP contribution in [0.3, 0.4) is 0 Å². The third kappa shape index (κ3) is 3.12. The second-order valence-corrected chi connectivity index (χ2v) is 5.26. The quantitative estimate of drug-likeness (QED) is 0.446. The lowest BCUT2D eigenvalue weighted by molar-refractivity contribution is 0.333. The minimum Gasteiger partial charge on any atom is -0.494 e. The standard InChI is InChI=1S/C15H18BrN3O/c1-2-20-14-6-4-3-5-11(14)15(19-18)12-9-10(16)7-8-13(12)17/h3-9,15,19H,2,17-18H2,1H3. The summed E-state index contributed by atoms with van der Waals surface area (Å²) in [5.41, 5.74) is 11.4. The van der Waals surface area contributed by atoms with Crippen LogP contribution in [0.4, 0.5) is 5.69 Å². The van der Waals surface area contributed by atoms with Gasteiger partial charge in [-0.2, -0.15) is 0 Å². The summed E-state index contributed by atoms with van der Waals surface area (Å²) >= 11 is 3.46. The van der Waals surface area contributed by atoms with Crippen LogP contribution in [-0.4, -0.2) is 6.61 Å². The summed E-state index contributed by atoms with van der Waals surface area (Å²) in [6.45, 7) is 2.55. The van der Waals surface area contributed by atoms with Gasteiger partial charge in [-0.05, 0) is 36.8 Å². The Kier molecular flexibility index (Phi) is 5.00. The third-order valence-corrected chi connectivity index (χ3v) is 3.55. The summed E-state index contributed by atoms with van der Waals surface area (Å²) in [6.07, 6.45) is 0. The largest absolute Gasteiger partial charge is 0.494 e. The summed E-state index contributed by atoms with van der Waals surface area (Å²) in [5.74, 6) is 6.55. The molecular weight excluding hydrogens is 318 g/mol. The zero-order valence-corrected chi connectivity index (χ0v) is 12.9.